The van der Waals surface area contributed by atoms with Crippen LogP contribution in [0.25, 0.3) is 0 Å². The monoisotopic (exact) mass is 252 g/mol. The predicted molar refractivity (Wildman–Crippen MR) is 49.3 cm³/mol. The molecule has 0 aromatic rings. The fourth-order valence-corrected chi connectivity index (χ4v) is 0. The molecule has 0 fully saturated rings. The predicted octanol–water partition coefficient (Wildman–Crippen LogP) is 1.94. The molecule has 0 radical (unpaired) electrons. The second kappa shape index (κ2) is 24.0. The van der Waals surface area contributed by atoms with Gasteiger partial charge in [0.05, 0.1) is 24.5 Å². The van der Waals surface area contributed by atoms with Crippen LogP contribution in [0.3, 0.4) is 0 Å². The van der Waals surface area contributed by atoms with E-state index >= 15 is 0 Å². The molecule has 7 heteroatoms. The van der Waals surface area contributed by atoms with Gasteiger partial charge in [0.1, 0.15) is 0 Å². The van der Waals surface area contributed by atoms with Crippen LogP contribution in [-0.2, 0) is 40.1 Å². The minimum atomic E-state index is 0. The van der Waals surface area contributed by atoms with Crippen molar-refractivity contribution in [1.82, 2.24) is 0 Å². The van der Waals surface area contributed by atoms with Gasteiger partial charge < -0.3 is 0 Å². The summed E-state index contributed by atoms with van der Waals surface area (Å²) in [6, 6.07) is 0. The van der Waals surface area contributed by atoms with E-state index in [2.05, 4.69) is 48.1 Å². The average Bonchev–Trinajstić information content (AvgIpc) is 1.39. The molecule has 0 aliphatic heterocycles. The van der Waals surface area contributed by atoms with Crippen LogP contribution in [-0.4, -0.2) is 0 Å². The van der Waals surface area contributed by atoms with Gasteiger partial charge in [0.15, 0.2) is 23.6 Å². The molecule has 2 atom stereocenters. The maximum absolute atomic E-state index is 4.29. The molecule has 0 saturated carbocycles. The Balaban J connectivity index is -0.0000000400. The Morgan fingerprint density at radius 1 is 1.00 bits per heavy atom. The van der Waals surface area contributed by atoms with E-state index in [-0.39, 0.29) is 16.5 Å². The summed E-state index contributed by atoms with van der Waals surface area (Å²) in [5, 5.41) is 0. The molecule has 0 bridgehead atoms. The molecular weight excluding hydrogens is 249 g/mol. The van der Waals surface area contributed by atoms with E-state index < -0.39 is 0 Å². The Morgan fingerprint density at radius 2 is 1.00 bits per heavy atom. The van der Waals surface area contributed by atoms with Crippen LogP contribution in [0.5, 0.6) is 0 Å². The van der Waals surface area contributed by atoms with Crippen molar-refractivity contribution >= 4 is 61.2 Å². The molecule has 0 N–H and O–H groups in total. The summed E-state index contributed by atoms with van der Waals surface area (Å²) in [6.45, 7) is 0.722. The smallest absolute Gasteiger partial charge is 0 e. The van der Waals surface area contributed by atoms with E-state index in [1.165, 1.54) is 0 Å². The van der Waals surface area contributed by atoms with Crippen molar-refractivity contribution in [2.45, 2.75) is 0 Å². The molecule has 0 rings (SSSR count). The molecule has 0 aliphatic rings. The molecular formula is H4NiP2S4+2. The third-order valence-electron chi connectivity index (χ3n) is 0. The van der Waals surface area contributed by atoms with Gasteiger partial charge in [-0.1, -0.05) is 0 Å². The molecule has 0 aliphatic carbocycles. The van der Waals surface area contributed by atoms with Crippen LogP contribution in [0.1, 0.15) is 0 Å². The van der Waals surface area contributed by atoms with E-state index in [1.807, 2.05) is 0 Å². The summed E-state index contributed by atoms with van der Waals surface area (Å²) < 4.78 is 0. The maximum atomic E-state index is 4.29. The third-order valence-corrected chi connectivity index (χ3v) is 0. The van der Waals surface area contributed by atoms with Gasteiger partial charge in [-0.2, -0.15) is 0 Å². The summed E-state index contributed by atoms with van der Waals surface area (Å²) in [5.74, 6) is 0. The number of hydrogen-bond donors (Lipinski definition) is 2. The van der Waals surface area contributed by atoms with Crippen molar-refractivity contribution in [1.29, 1.82) is 0 Å². The minimum absolute atomic E-state index is 0. The van der Waals surface area contributed by atoms with Crippen molar-refractivity contribution in [2.75, 3.05) is 0 Å². The van der Waals surface area contributed by atoms with E-state index in [1.54, 1.807) is 0 Å². The first kappa shape index (κ1) is 16.1. The normalized spacial score (nSPS) is 6.00. The van der Waals surface area contributed by atoms with E-state index in [9.17, 15) is 0 Å². The molecule has 0 heterocycles. The number of rotatable bonds is 0. The SMILES string of the molecule is S=[PH+]S.S=[PH+]S.[Ni]. The molecule has 0 nitrogen and oxygen atoms in total. The second-order valence-electron chi connectivity index (χ2n) is 0.183. The van der Waals surface area contributed by atoms with Crippen LogP contribution in [0.2, 0.25) is 0 Å². The second-order valence-corrected chi connectivity index (χ2v) is 4.93. The number of hydrogen-bond acceptors (Lipinski definition) is 2. The fourth-order valence-electron chi connectivity index (χ4n) is 0. The standard InChI is InChI=1S/Ni.2HPS2/c;2*2-1-3/h;2*(H,2,3)/p+2. The zero-order valence-electron chi connectivity index (χ0n) is 3.03. The van der Waals surface area contributed by atoms with Gasteiger partial charge in [0, 0.05) is 16.5 Å². The summed E-state index contributed by atoms with van der Waals surface area (Å²) >= 11 is 15.8. The summed E-state index contributed by atoms with van der Waals surface area (Å²) in [6.07, 6.45) is 0. The zero-order valence-corrected chi connectivity index (χ0v) is 9.44. The molecule has 0 amide bonds. The van der Waals surface area contributed by atoms with Gasteiger partial charge in [0.2, 0.25) is 13.1 Å². The van der Waals surface area contributed by atoms with Gasteiger partial charge in [-0.15, -0.1) is 0 Å². The van der Waals surface area contributed by atoms with E-state index in [0.29, 0.717) is 13.1 Å². The van der Waals surface area contributed by atoms with Gasteiger partial charge >= 0.3 is 0 Å². The van der Waals surface area contributed by atoms with Crippen molar-refractivity contribution < 1.29 is 16.5 Å². The average molecular weight is 253 g/mol. The topological polar surface area (TPSA) is 0 Å². The quantitative estimate of drug-likeness (QED) is 0.384. The van der Waals surface area contributed by atoms with Crippen molar-refractivity contribution in [2.24, 2.45) is 0 Å². The van der Waals surface area contributed by atoms with Crippen LogP contribution in [0.15, 0.2) is 0 Å². The molecule has 46 valence electrons. The Bertz CT molecular complexity index is 30.7. The third kappa shape index (κ3) is 64.1. The Kier molecular flexibility index (Phi) is 55.3. The minimum Gasteiger partial charge on any atom is 0 e. The maximum Gasteiger partial charge on any atom is 0.227 e. The molecule has 0 aromatic heterocycles. The summed E-state index contributed by atoms with van der Waals surface area (Å²) in [5.41, 5.74) is 0. The molecule has 0 spiro atoms. The van der Waals surface area contributed by atoms with Gasteiger partial charge in [-0.3, -0.25) is 0 Å². The molecule has 7 heavy (non-hydrogen) atoms. The Labute approximate surface area is 77.1 Å². The largest absolute Gasteiger partial charge is 0.227 e. The summed E-state index contributed by atoms with van der Waals surface area (Å²) in [4.78, 5) is 0. The van der Waals surface area contributed by atoms with E-state index in [0.717, 1.165) is 0 Å². The van der Waals surface area contributed by atoms with Gasteiger partial charge in [0.25, 0.3) is 0 Å². The van der Waals surface area contributed by atoms with Gasteiger partial charge in [-0.05, 0) is 0 Å². The van der Waals surface area contributed by atoms with Crippen molar-refractivity contribution in [3.05, 3.63) is 0 Å². The molecule has 2 unspecified atom stereocenters. The van der Waals surface area contributed by atoms with Crippen molar-refractivity contribution in [3.8, 4) is 0 Å². The number of thiol groups is 2. The Hall–Kier alpha value is 2.23. The Morgan fingerprint density at radius 3 is 1.00 bits per heavy atom. The molecule has 0 saturated heterocycles. The van der Waals surface area contributed by atoms with Crippen LogP contribution in [0, 0.1) is 0 Å². The van der Waals surface area contributed by atoms with E-state index in [4.69, 9.17) is 0 Å². The molecule has 0 aromatic carbocycles. The van der Waals surface area contributed by atoms with Crippen LogP contribution < -0.4 is 0 Å². The summed E-state index contributed by atoms with van der Waals surface area (Å²) in [7, 11) is 0. The first-order valence-electron chi connectivity index (χ1n) is 0.855. The van der Waals surface area contributed by atoms with Crippen LogP contribution in [0.4, 0.5) is 0 Å². The fraction of sp³-hybridized carbons (Fsp3) is 0. The zero-order chi connectivity index (χ0) is 5.41. The first-order chi connectivity index (χ1) is 2.83. The van der Waals surface area contributed by atoms with Crippen molar-refractivity contribution in [3.63, 3.8) is 0 Å². The van der Waals surface area contributed by atoms with Gasteiger partial charge in [-0.25, -0.2) is 0 Å². The first-order valence-corrected chi connectivity index (χ1v) is 7.70. The van der Waals surface area contributed by atoms with Crippen LogP contribution >= 0.6 is 37.6 Å².